The van der Waals surface area contributed by atoms with Gasteiger partial charge in [-0.15, -0.1) is 0 Å². The molecule has 5 atom stereocenters. The quantitative estimate of drug-likeness (QED) is 0.0222. The monoisotopic (exact) mass is 1320 g/mol. The molecule has 0 saturated carbocycles. The molecule has 0 fully saturated rings. The lowest BCUT2D eigenvalue weighted by atomic mass is 10.0. The van der Waals surface area contributed by atoms with Gasteiger partial charge < -0.3 is 33.8 Å². The number of phosphoric ester groups is 2. The summed E-state index contributed by atoms with van der Waals surface area (Å²) in [4.78, 5) is 72.2. The molecule has 534 valence electrons. The summed E-state index contributed by atoms with van der Waals surface area (Å²) in [6.07, 6.45) is 51.9. The minimum Gasteiger partial charge on any atom is -0.462 e. The van der Waals surface area contributed by atoms with E-state index in [1.807, 2.05) is 0 Å². The van der Waals surface area contributed by atoms with Gasteiger partial charge in [0, 0.05) is 25.7 Å². The molecule has 0 spiro atoms. The predicted molar refractivity (Wildman–Crippen MR) is 363 cm³/mol. The van der Waals surface area contributed by atoms with Crippen LogP contribution in [0.25, 0.3) is 0 Å². The molecule has 0 amide bonds. The summed E-state index contributed by atoms with van der Waals surface area (Å²) in [5, 5.41) is 10.5. The Hall–Kier alpha value is -1.94. The molecule has 0 saturated heterocycles. The lowest BCUT2D eigenvalue weighted by Crippen LogP contribution is -2.30. The van der Waals surface area contributed by atoms with Crippen LogP contribution in [0.2, 0.25) is 0 Å². The van der Waals surface area contributed by atoms with Crippen LogP contribution in [0.3, 0.4) is 0 Å². The summed E-state index contributed by atoms with van der Waals surface area (Å²) < 4.78 is 68.0. The van der Waals surface area contributed by atoms with E-state index < -0.39 is 97.5 Å². The smallest absolute Gasteiger partial charge is 0.462 e. The van der Waals surface area contributed by atoms with Crippen LogP contribution in [0.5, 0.6) is 0 Å². The van der Waals surface area contributed by atoms with E-state index in [9.17, 15) is 43.2 Å². The van der Waals surface area contributed by atoms with Gasteiger partial charge in [0.1, 0.15) is 19.3 Å². The standard InChI is InChI=1S/C71H138O17P2/c1-6-9-12-15-17-19-20-21-26-30-33-37-40-45-50-55-69(74)82-61-67(88-71(76)57-52-47-42-38-34-31-28-25-23-22-24-27-29-32-36-39-44-48-53-64(4)5)63-86-90(79,80)84-59-65(72)58-83-89(77,78)85-62-66(60-81-68(73)54-49-43-14-11-8-3)87-70(75)56-51-46-41-35-18-16-13-10-7-2/h64-67,72H,6-63H2,1-5H3,(H,77,78)(H,79,80)/t65-,66+,67+/m0/s1. The van der Waals surface area contributed by atoms with Gasteiger partial charge in [0.15, 0.2) is 12.2 Å². The zero-order chi connectivity index (χ0) is 66.3. The molecule has 0 aromatic heterocycles. The number of carbonyl (C=O) groups is 4. The minimum atomic E-state index is -4.95. The molecule has 3 N–H and O–H groups in total. The highest BCUT2D eigenvalue weighted by molar-refractivity contribution is 7.47. The molecule has 0 aliphatic heterocycles. The predicted octanol–water partition coefficient (Wildman–Crippen LogP) is 20.5. The van der Waals surface area contributed by atoms with Crippen LogP contribution in [-0.2, 0) is 65.4 Å². The molecule has 0 radical (unpaired) electrons. The number of hydrogen-bond donors (Lipinski definition) is 3. The number of aliphatic hydroxyl groups excluding tert-OH is 1. The van der Waals surface area contributed by atoms with Crippen molar-refractivity contribution in [3.8, 4) is 0 Å². The second-order valence-corrected chi connectivity index (χ2v) is 29.0. The Balaban J connectivity index is 5.10. The second kappa shape index (κ2) is 64.4. The van der Waals surface area contributed by atoms with Crippen LogP contribution in [0.4, 0.5) is 0 Å². The van der Waals surface area contributed by atoms with E-state index in [1.54, 1.807) is 0 Å². The van der Waals surface area contributed by atoms with Gasteiger partial charge >= 0.3 is 39.5 Å². The number of ether oxygens (including phenoxy) is 4. The van der Waals surface area contributed by atoms with E-state index in [0.717, 1.165) is 102 Å². The Morgan fingerprint density at radius 1 is 0.300 bits per heavy atom. The van der Waals surface area contributed by atoms with Crippen molar-refractivity contribution in [2.45, 2.75) is 387 Å². The third kappa shape index (κ3) is 64.8. The first-order chi connectivity index (χ1) is 43.5. The third-order valence-electron chi connectivity index (χ3n) is 16.5. The average Bonchev–Trinajstić information content (AvgIpc) is 3.48. The van der Waals surface area contributed by atoms with Crippen molar-refractivity contribution >= 4 is 39.5 Å². The first-order valence-electron chi connectivity index (χ1n) is 37.1. The van der Waals surface area contributed by atoms with E-state index in [4.69, 9.17) is 37.0 Å². The molecule has 17 nitrogen and oxygen atoms in total. The van der Waals surface area contributed by atoms with Crippen LogP contribution < -0.4 is 0 Å². The minimum absolute atomic E-state index is 0.105. The van der Waals surface area contributed by atoms with Gasteiger partial charge in [0.25, 0.3) is 0 Å². The molecule has 0 aromatic rings. The Bertz CT molecular complexity index is 1740. The molecule has 0 aliphatic rings. The number of carbonyl (C=O) groups excluding carboxylic acids is 4. The van der Waals surface area contributed by atoms with Crippen LogP contribution >= 0.6 is 15.6 Å². The largest absolute Gasteiger partial charge is 0.472 e. The third-order valence-corrected chi connectivity index (χ3v) is 18.4. The van der Waals surface area contributed by atoms with E-state index in [-0.39, 0.29) is 25.7 Å². The normalized spacial score (nSPS) is 14.1. The molecule has 2 unspecified atom stereocenters. The van der Waals surface area contributed by atoms with E-state index in [0.29, 0.717) is 25.7 Å². The van der Waals surface area contributed by atoms with Crippen molar-refractivity contribution in [3.63, 3.8) is 0 Å². The summed E-state index contributed by atoms with van der Waals surface area (Å²) in [5.74, 6) is -1.31. The fraction of sp³-hybridized carbons (Fsp3) is 0.944. The van der Waals surface area contributed by atoms with Crippen molar-refractivity contribution in [1.29, 1.82) is 0 Å². The van der Waals surface area contributed by atoms with Gasteiger partial charge in [-0.05, 0) is 31.6 Å². The van der Waals surface area contributed by atoms with Gasteiger partial charge in [0.2, 0.25) is 0 Å². The summed E-state index contributed by atoms with van der Waals surface area (Å²) in [6.45, 7) is 7.18. The molecule has 90 heavy (non-hydrogen) atoms. The first kappa shape index (κ1) is 88.1. The maximum Gasteiger partial charge on any atom is 0.472 e. The van der Waals surface area contributed by atoms with Crippen LogP contribution in [-0.4, -0.2) is 96.7 Å². The summed E-state index contributed by atoms with van der Waals surface area (Å²) in [7, 11) is -9.89. The molecule has 19 heteroatoms. The Morgan fingerprint density at radius 2 is 0.511 bits per heavy atom. The zero-order valence-electron chi connectivity index (χ0n) is 58.3. The van der Waals surface area contributed by atoms with Gasteiger partial charge in [0.05, 0.1) is 26.4 Å². The Morgan fingerprint density at radius 3 is 0.756 bits per heavy atom. The Labute approximate surface area is 549 Å². The fourth-order valence-corrected chi connectivity index (χ4v) is 12.4. The summed E-state index contributed by atoms with van der Waals surface area (Å²) >= 11 is 0. The lowest BCUT2D eigenvalue weighted by molar-refractivity contribution is -0.161. The summed E-state index contributed by atoms with van der Waals surface area (Å²) in [6, 6.07) is 0. The van der Waals surface area contributed by atoms with E-state index in [2.05, 4.69) is 34.6 Å². The van der Waals surface area contributed by atoms with Gasteiger partial charge in [-0.1, -0.05) is 317 Å². The van der Waals surface area contributed by atoms with Crippen LogP contribution in [0.15, 0.2) is 0 Å². The number of esters is 4. The van der Waals surface area contributed by atoms with Gasteiger partial charge in [-0.3, -0.25) is 37.3 Å². The van der Waals surface area contributed by atoms with Gasteiger partial charge in [-0.2, -0.15) is 0 Å². The second-order valence-electron chi connectivity index (χ2n) is 26.1. The van der Waals surface area contributed by atoms with Gasteiger partial charge in [-0.25, -0.2) is 9.13 Å². The topological polar surface area (TPSA) is 237 Å². The average molecular weight is 1330 g/mol. The van der Waals surface area contributed by atoms with Crippen molar-refractivity contribution in [1.82, 2.24) is 0 Å². The molecular formula is C71H138O17P2. The van der Waals surface area contributed by atoms with Crippen LogP contribution in [0.1, 0.15) is 369 Å². The maximum atomic E-state index is 13.0. The number of rotatable bonds is 71. The number of aliphatic hydroxyl groups is 1. The van der Waals surface area contributed by atoms with Crippen molar-refractivity contribution in [3.05, 3.63) is 0 Å². The SMILES string of the molecule is CCCCCCCCCCCCCCCCCC(=O)OC[C@H](COP(=O)(O)OC[C@@H](O)COP(=O)(O)OC[C@@H](COC(=O)CCCCCCC)OC(=O)CCCCCCCCCCC)OC(=O)CCCCCCCCCCCCCCCCCCCCC(C)C. The number of unbranched alkanes of at least 4 members (excludes halogenated alkanes) is 43. The number of phosphoric acid groups is 2. The van der Waals surface area contributed by atoms with Crippen molar-refractivity contribution < 1.29 is 80.2 Å². The molecule has 0 heterocycles. The first-order valence-corrected chi connectivity index (χ1v) is 40.1. The zero-order valence-corrected chi connectivity index (χ0v) is 60.1. The maximum absolute atomic E-state index is 13.0. The lowest BCUT2D eigenvalue weighted by Gasteiger charge is -2.21. The van der Waals surface area contributed by atoms with Crippen molar-refractivity contribution in [2.24, 2.45) is 5.92 Å². The fourth-order valence-electron chi connectivity index (χ4n) is 10.8. The van der Waals surface area contributed by atoms with Crippen molar-refractivity contribution in [2.75, 3.05) is 39.6 Å². The highest BCUT2D eigenvalue weighted by atomic mass is 31.2. The molecule has 0 bridgehead atoms. The highest BCUT2D eigenvalue weighted by Crippen LogP contribution is 2.45. The molecule has 0 aliphatic carbocycles. The summed E-state index contributed by atoms with van der Waals surface area (Å²) in [5.41, 5.74) is 0. The molecular weight excluding hydrogens is 1190 g/mol. The number of hydrogen-bond acceptors (Lipinski definition) is 15. The molecule has 0 rings (SSSR count). The van der Waals surface area contributed by atoms with Crippen LogP contribution in [0, 0.1) is 5.92 Å². The Kier molecular flexibility index (Phi) is 63.0. The van der Waals surface area contributed by atoms with E-state index >= 15 is 0 Å². The molecule has 0 aromatic carbocycles. The highest BCUT2D eigenvalue weighted by Gasteiger charge is 2.30. The van der Waals surface area contributed by atoms with E-state index in [1.165, 1.54) is 186 Å².